The summed E-state index contributed by atoms with van der Waals surface area (Å²) in [6.07, 6.45) is 3.46. The summed E-state index contributed by atoms with van der Waals surface area (Å²) in [6.45, 7) is 0. The van der Waals surface area contributed by atoms with Gasteiger partial charge in [0.25, 0.3) is 0 Å². The number of carbonyl (C=O) groups excluding carboxylic acids is 1. The fourth-order valence-corrected chi connectivity index (χ4v) is 3.37. The van der Waals surface area contributed by atoms with Gasteiger partial charge < -0.3 is 5.32 Å². The summed E-state index contributed by atoms with van der Waals surface area (Å²) in [7, 11) is 0. The van der Waals surface area contributed by atoms with Crippen LogP contribution >= 0.6 is 35.0 Å². The van der Waals surface area contributed by atoms with Crippen molar-refractivity contribution in [3.05, 3.63) is 75.7 Å². The standard InChI is InChI=1S/C19H14Cl2FN3OS/c1-27-19-23-10-11(9-16(26)17-14(20)3-2-4-15(17)21)18(25-19)24-13-7-5-12(22)6-8-13/h2-8,10H,9H2,1H3,(H,23,24,25). The summed E-state index contributed by atoms with van der Waals surface area (Å²) >= 11 is 13.6. The molecule has 0 spiro atoms. The van der Waals surface area contributed by atoms with Gasteiger partial charge >= 0.3 is 0 Å². The highest BCUT2D eigenvalue weighted by molar-refractivity contribution is 7.98. The molecule has 0 amide bonds. The van der Waals surface area contributed by atoms with E-state index < -0.39 is 0 Å². The van der Waals surface area contributed by atoms with E-state index in [4.69, 9.17) is 23.2 Å². The third kappa shape index (κ3) is 4.77. The molecule has 0 aliphatic rings. The first-order valence-electron chi connectivity index (χ1n) is 7.87. The second-order valence-electron chi connectivity index (χ2n) is 5.56. The van der Waals surface area contributed by atoms with Gasteiger partial charge in [-0.3, -0.25) is 4.79 Å². The van der Waals surface area contributed by atoms with E-state index in [2.05, 4.69) is 15.3 Å². The molecule has 0 aliphatic carbocycles. The lowest BCUT2D eigenvalue weighted by atomic mass is 10.0. The minimum atomic E-state index is -0.336. The van der Waals surface area contributed by atoms with E-state index in [1.807, 2.05) is 6.26 Å². The first-order valence-corrected chi connectivity index (χ1v) is 9.85. The highest BCUT2D eigenvalue weighted by Crippen LogP contribution is 2.28. The van der Waals surface area contributed by atoms with Crippen LogP contribution in [0.5, 0.6) is 0 Å². The lowest BCUT2D eigenvalue weighted by Crippen LogP contribution is -2.09. The third-order valence-corrected chi connectivity index (χ3v) is 4.92. The summed E-state index contributed by atoms with van der Waals surface area (Å²) < 4.78 is 13.1. The average molecular weight is 422 g/mol. The van der Waals surface area contributed by atoms with Crippen molar-refractivity contribution in [2.75, 3.05) is 11.6 Å². The second kappa shape index (κ2) is 8.69. The highest BCUT2D eigenvalue weighted by Gasteiger charge is 2.18. The van der Waals surface area contributed by atoms with Gasteiger partial charge in [0.2, 0.25) is 0 Å². The van der Waals surface area contributed by atoms with E-state index >= 15 is 0 Å². The molecule has 0 bridgehead atoms. The van der Waals surface area contributed by atoms with Gasteiger partial charge in [-0.15, -0.1) is 0 Å². The molecule has 3 aromatic rings. The van der Waals surface area contributed by atoms with Crippen molar-refractivity contribution in [2.45, 2.75) is 11.6 Å². The lowest BCUT2D eigenvalue weighted by Gasteiger charge is -2.12. The van der Waals surface area contributed by atoms with E-state index in [1.54, 1.807) is 36.5 Å². The van der Waals surface area contributed by atoms with Crippen LogP contribution in [0.25, 0.3) is 0 Å². The van der Waals surface area contributed by atoms with Crippen LogP contribution in [0, 0.1) is 5.82 Å². The van der Waals surface area contributed by atoms with E-state index in [-0.39, 0.29) is 23.6 Å². The molecular weight excluding hydrogens is 408 g/mol. The molecule has 138 valence electrons. The first kappa shape index (κ1) is 19.6. The van der Waals surface area contributed by atoms with Gasteiger partial charge in [-0.2, -0.15) is 0 Å². The molecule has 0 aliphatic heterocycles. The number of halogens is 3. The number of rotatable bonds is 6. The summed E-state index contributed by atoms with van der Waals surface area (Å²) in [4.78, 5) is 21.4. The molecule has 4 nitrogen and oxygen atoms in total. The van der Waals surface area contributed by atoms with Crippen LogP contribution in [0.1, 0.15) is 15.9 Å². The second-order valence-corrected chi connectivity index (χ2v) is 7.15. The molecule has 8 heteroatoms. The smallest absolute Gasteiger partial charge is 0.189 e. The zero-order valence-corrected chi connectivity index (χ0v) is 16.5. The average Bonchev–Trinajstić information content (AvgIpc) is 2.65. The van der Waals surface area contributed by atoms with Gasteiger partial charge in [-0.05, 0) is 42.7 Å². The Morgan fingerprint density at radius 1 is 1.15 bits per heavy atom. The molecule has 2 aromatic carbocycles. The molecule has 3 rings (SSSR count). The van der Waals surface area contributed by atoms with Crippen molar-refractivity contribution in [3.8, 4) is 0 Å². The van der Waals surface area contributed by atoms with Crippen LogP contribution in [-0.2, 0) is 6.42 Å². The van der Waals surface area contributed by atoms with Gasteiger partial charge in [-0.1, -0.05) is 41.0 Å². The Morgan fingerprint density at radius 2 is 1.81 bits per heavy atom. The van der Waals surface area contributed by atoms with Crippen LogP contribution < -0.4 is 5.32 Å². The maximum Gasteiger partial charge on any atom is 0.189 e. The molecule has 1 aromatic heterocycles. The van der Waals surface area contributed by atoms with E-state index in [0.717, 1.165) is 0 Å². The van der Waals surface area contributed by atoms with Gasteiger partial charge in [0.1, 0.15) is 11.6 Å². The first-order chi connectivity index (χ1) is 13.0. The maximum atomic E-state index is 13.1. The molecule has 0 radical (unpaired) electrons. The van der Waals surface area contributed by atoms with Crippen molar-refractivity contribution < 1.29 is 9.18 Å². The minimum Gasteiger partial charge on any atom is -0.340 e. The number of thioether (sulfide) groups is 1. The summed E-state index contributed by atoms with van der Waals surface area (Å²) in [5.74, 6) is -0.109. The summed E-state index contributed by atoms with van der Waals surface area (Å²) in [5, 5.41) is 4.25. The number of carbonyl (C=O) groups is 1. The van der Waals surface area contributed by atoms with Gasteiger partial charge in [0.15, 0.2) is 10.9 Å². The molecule has 0 unspecified atom stereocenters. The molecule has 0 saturated carbocycles. The number of Topliss-reactive ketones (excluding diaryl/α,β-unsaturated/α-hetero) is 1. The Kier molecular flexibility index (Phi) is 6.31. The summed E-state index contributed by atoms with van der Waals surface area (Å²) in [6, 6.07) is 10.8. The molecule has 0 saturated heterocycles. The largest absolute Gasteiger partial charge is 0.340 e. The van der Waals surface area contributed by atoms with Crippen LogP contribution in [0.3, 0.4) is 0 Å². The maximum absolute atomic E-state index is 13.1. The number of nitrogens with zero attached hydrogens (tertiary/aromatic N) is 2. The van der Waals surface area contributed by atoms with Crippen LogP contribution in [0.4, 0.5) is 15.9 Å². The van der Waals surface area contributed by atoms with Gasteiger partial charge in [0, 0.05) is 23.9 Å². The zero-order valence-electron chi connectivity index (χ0n) is 14.2. The van der Waals surface area contributed by atoms with Crippen LogP contribution in [0.15, 0.2) is 53.8 Å². The number of anilines is 2. The van der Waals surface area contributed by atoms with Crippen molar-refractivity contribution in [2.24, 2.45) is 0 Å². The lowest BCUT2D eigenvalue weighted by molar-refractivity contribution is 0.0993. The number of hydrogen-bond acceptors (Lipinski definition) is 5. The third-order valence-electron chi connectivity index (χ3n) is 3.72. The predicted octanol–water partition coefficient (Wildman–Crippen LogP) is 5.81. The van der Waals surface area contributed by atoms with Crippen LogP contribution in [-0.4, -0.2) is 22.0 Å². The van der Waals surface area contributed by atoms with E-state index in [9.17, 15) is 9.18 Å². The fraction of sp³-hybridized carbons (Fsp3) is 0.105. The number of aromatic nitrogens is 2. The van der Waals surface area contributed by atoms with Crippen molar-refractivity contribution in [3.63, 3.8) is 0 Å². The zero-order chi connectivity index (χ0) is 19.4. The number of benzene rings is 2. The van der Waals surface area contributed by atoms with Gasteiger partial charge in [-0.25, -0.2) is 14.4 Å². The van der Waals surface area contributed by atoms with Crippen molar-refractivity contribution >= 4 is 52.3 Å². The van der Waals surface area contributed by atoms with Crippen molar-refractivity contribution in [1.82, 2.24) is 9.97 Å². The van der Waals surface area contributed by atoms with E-state index in [1.165, 1.54) is 23.9 Å². The minimum absolute atomic E-state index is 0.0155. The normalized spacial score (nSPS) is 10.7. The SMILES string of the molecule is CSc1ncc(CC(=O)c2c(Cl)cccc2Cl)c(Nc2ccc(F)cc2)n1. The Hall–Kier alpha value is -2.15. The molecule has 0 atom stereocenters. The molecule has 1 heterocycles. The Bertz CT molecular complexity index is 963. The Balaban J connectivity index is 1.92. The number of nitrogens with one attached hydrogen (secondary N) is 1. The van der Waals surface area contributed by atoms with Crippen molar-refractivity contribution in [1.29, 1.82) is 0 Å². The predicted molar refractivity (Wildman–Crippen MR) is 108 cm³/mol. The molecule has 27 heavy (non-hydrogen) atoms. The summed E-state index contributed by atoms with van der Waals surface area (Å²) in [5.41, 5.74) is 1.49. The number of hydrogen-bond donors (Lipinski definition) is 1. The highest BCUT2D eigenvalue weighted by atomic mass is 35.5. The Morgan fingerprint density at radius 3 is 2.44 bits per heavy atom. The fourth-order valence-electron chi connectivity index (χ4n) is 2.42. The van der Waals surface area contributed by atoms with E-state index in [0.29, 0.717) is 32.3 Å². The monoisotopic (exact) mass is 421 g/mol. The Labute approximate surface area is 170 Å². The quantitative estimate of drug-likeness (QED) is 0.309. The molecule has 1 N–H and O–H groups in total. The molecular formula is C19H14Cl2FN3OS. The van der Waals surface area contributed by atoms with Crippen LogP contribution in [0.2, 0.25) is 10.0 Å². The topological polar surface area (TPSA) is 54.9 Å². The number of ketones is 1. The molecule has 0 fully saturated rings. The van der Waals surface area contributed by atoms with Gasteiger partial charge in [0.05, 0.1) is 15.6 Å².